The van der Waals surface area contributed by atoms with Crippen LogP contribution in [0.3, 0.4) is 0 Å². The fourth-order valence-electron chi connectivity index (χ4n) is 3.11. The van der Waals surface area contributed by atoms with Gasteiger partial charge in [-0.15, -0.1) is 0 Å². The van der Waals surface area contributed by atoms with Gasteiger partial charge in [0.1, 0.15) is 18.5 Å². The second-order valence-corrected chi connectivity index (χ2v) is 8.26. The zero-order valence-corrected chi connectivity index (χ0v) is 18.7. The highest BCUT2D eigenvalue weighted by Crippen LogP contribution is 2.36. The summed E-state index contributed by atoms with van der Waals surface area (Å²) in [5.74, 6) is 0.867. The van der Waals surface area contributed by atoms with Crippen LogP contribution in [0.4, 0.5) is 0 Å². The normalized spacial score (nSPS) is 11.5. The molecular formula is C24H16Cl3N3O. The molecule has 1 N–H and O–H groups in total. The van der Waals surface area contributed by atoms with Crippen molar-refractivity contribution in [1.82, 2.24) is 9.97 Å². The van der Waals surface area contributed by atoms with E-state index in [1.807, 2.05) is 37.3 Å². The van der Waals surface area contributed by atoms with Crippen LogP contribution in [-0.2, 0) is 6.61 Å². The van der Waals surface area contributed by atoms with E-state index in [1.54, 1.807) is 30.3 Å². The van der Waals surface area contributed by atoms with Crippen LogP contribution in [-0.4, -0.2) is 9.97 Å². The summed E-state index contributed by atoms with van der Waals surface area (Å²) in [6.07, 6.45) is 1.69. The SMILES string of the molecule is Cc1ccc2nc(C(C#N)=Cc3cc(Cl)c(OCc4ccc(Cl)cc4)c(Cl)c3)[nH]c2c1. The maximum absolute atomic E-state index is 9.67. The molecule has 31 heavy (non-hydrogen) atoms. The number of nitrogens with zero attached hydrogens (tertiary/aromatic N) is 2. The number of hydrogen-bond acceptors (Lipinski definition) is 3. The number of nitrogens with one attached hydrogen (secondary N) is 1. The quantitative estimate of drug-likeness (QED) is 0.309. The number of H-pyrrole nitrogens is 1. The molecule has 0 radical (unpaired) electrons. The Morgan fingerprint density at radius 3 is 2.45 bits per heavy atom. The first-order chi connectivity index (χ1) is 14.9. The Hall–Kier alpha value is -2.97. The number of hydrogen-bond donors (Lipinski definition) is 1. The molecule has 1 aromatic heterocycles. The lowest BCUT2D eigenvalue weighted by molar-refractivity contribution is 0.306. The van der Waals surface area contributed by atoms with Crippen LogP contribution in [0, 0.1) is 18.3 Å². The Morgan fingerprint density at radius 2 is 1.77 bits per heavy atom. The molecule has 0 amide bonds. The number of rotatable bonds is 5. The molecule has 4 nitrogen and oxygen atoms in total. The van der Waals surface area contributed by atoms with Crippen LogP contribution >= 0.6 is 34.8 Å². The number of nitriles is 1. The molecule has 0 saturated carbocycles. The van der Waals surface area contributed by atoms with Crippen LogP contribution < -0.4 is 4.74 Å². The smallest absolute Gasteiger partial charge is 0.157 e. The third-order valence-corrected chi connectivity index (χ3v) is 5.45. The second kappa shape index (κ2) is 9.03. The molecule has 4 rings (SSSR count). The Morgan fingerprint density at radius 1 is 1.06 bits per heavy atom. The maximum atomic E-state index is 9.67. The van der Waals surface area contributed by atoms with E-state index >= 15 is 0 Å². The standard InChI is InChI=1S/C24H16Cl3N3O/c1-14-2-7-21-22(8-14)30-24(29-21)17(12-28)9-16-10-19(26)23(20(27)11-16)31-13-15-3-5-18(25)6-4-15/h2-11H,13H2,1H3,(H,29,30). The van der Waals surface area contributed by atoms with Crippen LogP contribution in [0.2, 0.25) is 15.1 Å². The predicted octanol–water partition coefficient (Wildman–Crippen LogP) is 7.47. The topological polar surface area (TPSA) is 61.7 Å². The van der Waals surface area contributed by atoms with Crippen LogP contribution in [0.5, 0.6) is 5.75 Å². The first kappa shape index (κ1) is 21.3. The van der Waals surface area contributed by atoms with Gasteiger partial charge in [-0.05, 0) is 66.1 Å². The molecular weight excluding hydrogens is 453 g/mol. The third kappa shape index (κ3) is 4.86. The monoisotopic (exact) mass is 467 g/mol. The van der Waals surface area contributed by atoms with Crippen molar-refractivity contribution in [2.75, 3.05) is 0 Å². The lowest BCUT2D eigenvalue weighted by atomic mass is 10.1. The predicted molar refractivity (Wildman–Crippen MR) is 127 cm³/mol. The molecule has 0 saturated heterocycles. The van der Waals surface area contributed by atoms with Crippen LogP contribution in [0.1, 0.15) is 22.5 Å². The molecule has 0 fully saturated rings. The summed E-state index contributed by atoms with van der Waals surface area (Å²) in [6, 6.07) is 18.8. The number of benzene rings is 3. The number of fused-ring (bicyclic) bond motifs is 1. The van der Waals surface area contributed by atoms with E-state index in [2.05, 4.69) is 16.0 Å². The highest BCUT2D eigenvalue weighted by Gasteiger charge is 2.12. The van der Waals surface area contributed by atoms with E-state index in [9.17, 15) is 5.26 Å². The van der Waals surface area contributed by atoms with Gasteiger partial charge in [0.2, 0.25) is 0 Å². The lowest BCUT2D eigenvalue weighted by Crippen LogP contribution is -1.97. The van der Waals surface area contributed by atoms with E-state index in [1.165, 1.54) is 0 Å². The van der Waals surface area contributed by atoms with Gasteiger partial charge in [-0.3, -0.25) is 0 Å². The van der Waals surface area contributed by atoms with Crippen molar-refractivity contribution in [3.8, 4) is 11.8 Å². The van der Waals surface area contributed by atoms with Crippen LogP contribution in [0.15, 0.2) is 54.6 Å². The second-order valence-electron chi connectivity index (χ2n) is 7.00. The molecule has 0 bridgehead atoms. The first-order valence-corrected chi connectivity index (χ1v) is 10.5. The number of imidazole rings is 1. The minimum atomic E-state index is 0.299. The summed E-state index contributed by atoms with van der Waals surface area (Å²) in [4.78, 5) is 7.70. The average Bonchev–Trinajstić information content (AvgIpc) is 3.15. The molecule has 0 unspecified atom stereocenters. The van der Waals surface area contributed by atoms with E-state index in [4.69, 9.17) is 39.5 Å². The lowest BCUT2D eigenvalue weighted by Gasteiger charge is -2.11. The van der Waals surface area contributed by atoms with Crippen molar-refractivity contribution >= 4 is 57.5 Å². The van der Waals surface area contributed by atoms with Gasteiger partial charge in [0, 0.05) is 5.02 Å². The Kier molecular flexibility index (Phi) is 6.20. The molecule has 7 heteroatoms. The van der Waals surface area contributed by atoms with E-state index in [0.717, 1.165) is 22.2 Å². The molecule has 1 heterocycles. The zero-order chi connectivity index (χ0) is 22.0. The van der Waals surface area contributed by atoms with Crippen molar-refractivity contribution in [2.24, 2.45) is 0 Å². The molecule has 0 aliphatic carbocycles. The van der Waals surface area contributed by atoms with Gasteiger partial charge in [0.05, 0.1) is 26.7 Å². The molecule has 0 aliphatic rings. The van der Waals surface area contributed by atoms with Gasteiger partial charge in [0.25, 0.3) is 0 Å². The number of aryl methyl sites for hydroxylation is 1. The maximum Gasteiger partial charge on any atom is 0.157 e. The van der Waals surface area contributed by atoms with Crippen molar-refractivity contribution < 1.29 is 4.74 Å². The van der Waals surface area contributed by atoms with Gasteiger partial charge in [0.15, 0.2) is 5.75 Å². The first-order valence-electron chi connectivity index (χ1n) is 9.38. The minimum absolute atomic E-state index is 0.299. The van der Waals surface area contributed by atoms with E-state index in [0.29, 0.717) is 44.4 Å². The summed E-state index contributed by atoms with van der Waals surface area (Å²) >= 11 is 18.7. The molecule has 0 aliphatic heterocycles. The van der Waals surface area contributed by atoms with Gasteiger partial charge >= 0.3 is 0 Å². The fraction of sp³-hybridized carbons (Fsp3) is 0.0833. The average molecular weight is 469 g/mol. The highest BCUT2D eigenvalue weighted by atomic mass is 35.5. The molecule has 4 aromatic rings. The van der Waals surface area contributed by atoms with E-state index in [-0.39, 0.29) is 0 Å². The number of ether oxygens (including phenoxy) is 1. The highest BCUT2D eigenvalue weighted by molar-refractivity contribution is 6.37. The van der Waals surface area contributed by atoms with Gasteiger partial charge in [-0.2, -0.15) is 5.26 Å². The number of aromatic amines is 1. The number of aromatic nitrogens is 2. The van der Waals surface area contributed by atoms with Crippen LogP contribution in [0.25, 0.3) is 22.7 Å². The zero-order valence-electron chi connectivity index (χ0n) is 16.4. The van der Waals surface area contributed by atoms with E-state index < -0.39 is 0 Å². The summed E-state index contributed by atoms with van der Waals surface area (Å²) < 4.78 is 5.80. The van der Waals surface area contributed by atoms with Crippen molar-refractivity contribution in [3.05, 3.63) is 92.2 Å². The summed E-state index contributed by atoms with van der Waals surface area (Å²) in [6.45, 7) is 2.30. The number of allylic oxidation sites excluding steroid dienone is 1. The minimum Gasteiger partial charge on any atom is -0.486 e. The Bertz CT molecular complexity index is 1310. The molecule has 3 aromatic carbocycles. The summed E-state index contributed by atoms with van der Waals surface area (Å²) in [5.41, 5.74) is 4.75. The molecule has 154 valence electrons. The van der Waals surface area contributed by atoms with Gasteiger partial charge in [-0.1, -0.05) is 53.0 Å². The molecule has 0 spiro atoms. The summed E-state index contributed by atoms with van der Waals surface area (Å²) in [5, 5.41) is 11.0. The van der Waals surface area contributed by atoms with Crippen molar-refractivity contribution in [2.45, 2.75) is 13.5 Å². The van der Waals surface area contributed by atoms with Gasteiger partial charge < -0.3 is 9.72 Å². The molecule has 0 atom stereocenters. The summed E-state index contributed by atoms with van der Waals surface area (Å²) in [7, 11) is 0. The van der Waals surface area contributed by atoms with Crippen molar-refractivity contribution in [3.63, 3.8) is 0 Å². The van der Waals surface area contributed by atoms with Crippen molar-refractivity contribution in [1.29, 1.82) is 5.26 Å². The largest absolute Gasteiger partial charge is 0.486 e. The third-order valence-electron chi connectivity index (χ3n) is 4.64. The number of halogens is 3. The Labute approximate surface area is 194 Å². The Balaban J connectivity index is 1.60. The van der Waals surface area contributed by atoms with Gasteiger partial charge in [-0.25, -0.2) is 4.98 Å². The fourth-order valence-corrected chi connectivity index (χ4v) is 3.85.